The number of benzene rings is 1. The van der Waals surface area contributed by atoms with Gasteiger partial charge in [-0.15, -0.1) is 0 Å². The molecule has 1 heterocycles. The molecule has 1 atom stereocenters. The summed E-state index contributed by atoms with van der Waals surface area (Å²) < 4.78 is 0. The summed E-state index contributed by atoms with van der Waals surface area (Å²) in [4.78, 5) is 2.32. The predicted molar refractivity (Wildman–Crippen MR) is 79.3 cm³/mol. The molecule has 5 heteroatoms. The first-order valence-electron chi connectivity index (χ1n) is 6.72. The van der Waals surface area contributed by atoms with Gasteiger partial charge in [-0.25, -0.2) is 0 Å². The van der Waals surface area contributed by atoms with Crippen molar-refractivity contribution < 1.29 is 0 Å². The summed E-state index contributed by atoms with van der Waals surface area (Å²) in [6.45, 7) is 4.30. The van der Waals surface area contributed by atoms with Crippen molar-refractivity contribution >= 4 is 17.1 Å². The Bertz CT molecular complexity index is 563. The first kappa shape index (κ1) is 13.9. The topological polar surface area (TPSA) is 75.2 Å². The van der Waals surface area contributed by atoms with E-state index in [1.165, 1.54) is 12.8 Å². The molecule has 102 valence electrons. The maximum Gasteiger partial charge on any atom is 0.237 e. The van der Waals surface area contributed by atoms with E-state index >= 15 is 0 Å². The average Bonchev–Trinajstić information content (AvgIpc) is 2.49. The molecule has 0 bridgehead atoms. The molecule has 1 N–H and O–H groups in total. The fourth-order valence-corrected chi connectivity index (χ4v) is 2.44. The summed E-state index contributed by atoms with van der Waals surface area (Å²) in [6.07, 6.45) is 2.44. The fraction of sp³-hybridized carbons (Fsp3) is 0.400. The third kappa shape index (κ3) is 3.27. The van der Waals surface area contributed by atoms with Gasteiger partial charge in [0.2, 0.25) is 5.71 Å². The van der Waals surface area contributed by atoms with E-state index in [0.717, 1.165) is 24.5 Å². The van der Waals surface area contributed by atoms with E-state index in [1.807, 2.05) is 24.3 Å². The second kappa shape index (κ2) is 6.58. The lowest BCUT2D eigenvalue weighted by Gasteiger charge is -2.33. The van der Waals surface area contributed by atoms with Crippen LogP contribution in [-0.2, 0) is 0 Å². The number of piperidine rings is 1. The van der Waals surface area contributed by atoms with Crippen LogP contribution in [0.3, 0.4) is 0 Å². The van der Waals surface area contributed by atoms with Crippen molar-refractivity contribution in [1.29, 1.82) is 10.5 Å². The number of nitrogens with zero attached hydrogens (tertiary/aromatic N) is 4. The molecular formula is C15H17N5. The van der Waals surface area contributed by atoms with Gasteiger partial charge in [-0.2, -0.15) is 15.6 Å². The molecule has 1 aromatic carbocycles. The SMILES string of the molecule is CC1CCCN(c2ccccc2NN=C(C#N)C#N)C1. The van der Waals surface area contributed by atoms with Crippen molar-refractivity contribution in [3.05, 3.63) is 24.3 Å². The first-order valence-corrected chi connectivity index (χ1v) is 6.72. The van der Waals surface area contributed by atoms with Gasteiger partial charge in [-0.05, 0) is 30.9 Å². The largest absolute Gasteiger partial charge is 0.370 e. The lowest BCUT2D eigenvalue weighted by molar-refractivity contribution is 0.447. The second-order valence-electron chi connectivity index (χ2n) is 5.01. The maximum atomic E-state index is 8.70. The predicted octanol–water partition coefficient (Wildman–Crippen LogP) is 2.74. The van der Waals surface area contributed by atoms with Gasteiger partial charge in [0.15, 0.2) is 0 Å². The first-order chi connectivity index (χ1) is 9.74. The Hall–Kier alpha value is -2.53. The van der Waals surface area contributed by atoms with E-state index in [2.05, 4.69) is 22.4 Å². The molecule has 0 saturated carbocycles. The summed E-state index contributed by atoms with van der Waals surface area (Å²) in [7, 11) is 0. The van der Waals surface area contributed by atoms with E-state index < -0.39 is 0 Å². The number of para-hydroxylation sites is 2. The van der Waals surface area contributed by atoms with Crippen molar-refractivity contribution in [2.75, 3.05) is 23.4 Å². The zero-order valence-corrected chi connectivity index (χ0v) is 11.5. The number of anilines is 2. The third-order valence-corrected chi connectivity index (χ3v) is 3.40. The number of rotatable bonds is 3. The van der Waals surface area contributed by atoms with Gasteiger partial charge in [0, 0.05) is 13.1 Å². The Balaban J connectivity index is 2.20. The molecule has 1 aliphatic rings. The summed E-state index contributed by atoms with van der Waals surface area (Å²) in [5, 5.41) is 21.2. The third-order valence-electron chi connectivity index (χ3n) is 3.40. The van der Waals surface area contributed by atoms with E-state index in [-0.39, 0.29) is 5.71 Å². The Morgan fingerprint density at radius 2 is 2.10 bits per heavy atom. The van der Waals surface area contributed by atoms with Gasteiger partial charge in [0.1, 0.15) is 12.1 Å². The highest BCUT2D eigenvalue weighted by molar-refractivity contribution is 6.10. The Morgan fingerprint density at radius 1 is 1.35 bits per heavy atom. The molecule has 1 saturated heterocycles. The highest BCUT2D eigenvalue weighted by atomic mass is 15.3. The van der Waals surface area contributed by atoms with Crippen LogP contribution in [0, 0.1) is 28.6 Å². The van der Waals surface area contributed by atoms with Crippen LogP contribution in [0.5, 0.6) is 0 Å². The Kier molecular flexibility index (Phi) is 4.57. The number of hydrazone groups is 1. The van der Waals surface area contributed by atoms with Crippen LogP contribution in [0.25, 0.3) is 0 Å². The zero-order valence-electron chi connectivity index (χ0n) is 11.5. The summed E-state index contributed by atoms with van der Waals surface area (Å²) in [5.41, 5.74) is 4.55. The quantitative estimate of drug-likeness (QED) is 0.675. The molecule has 0 spiro atoms. The van der Waals surface area contributed by atoms with Gasteiger partial charge >= 0.3 is 0 Å². The standard InChI is InChI=1S/C15H17N5/c1-12-5-4-8-20(11-12)15-7-3-2-6-14(15)19-18-13(9-16)10-17/h2-3,6-7,12,19H,4-5,8,11H2,1H3. The van der Waals surface area contributed by atoms with Gasteiger partial charge in [-0.3, -0.25) is 5.43 Å². The van der Waals surface area contributed by atoms with Crippen molar-refractivity contribution in [3.63, 3.8) is 0 Å². The van der Waals surface area contributed by atoms with Gasteiger partial charge in [0.05, 0.1) is 11.4 Å². The lowest BCUT2D eigenvalue weighted by atomic mass is 9.99. The molecule has 5 nitrogen and oxygen atoms in total. The maximum absolute atomic E-state index is 8.70. The Morgan fingerprint density at radius 3 is 2.80 bits per heavy atom. The molecule has 1 fully saturated rings. The van der Waals surface area contributed by atoms with Crippen LogP contribution in [0.4, 0.5) is 11.4 Å². The van der Waals surface area contributed by atoms with Crippen LogP contribution >= 0.6 is 0 Å². The summed E-state index contributed by atoms with van der Waals surface area (Å²) >= 11 is 0. The van der Waals surface area contributed by atoms with Crippen LogP contribution in [0.2, 0.25) is 0 Å². The van der Waals surface area contributed by atoms with Crippen LogP contribution in [-0.4, -0.2) is 18.8 Å². The van der Waals surface area contributed by atoms with Crippen molar-refractivity contribution in [1.82, 2.24) is 0 Å². The molecular weight excluding hydrogens is 250 g/mol. The summed E-state index contributed by atoms with van der Waals surface area (Å²) in [6, 6.07) is 11.3. The molecule has 0 aromatic heterocycles. The monoisotopic (exact) mass is 267 g/mol. The van der Waals surface area contributed by atoms with Gasteiger partial charge < -0.3 is 4.90 Å². The van der Waals surface area contributed by atoms with Crippen molar-refractivity contribution in [2.24, 2.45) is 11.0 Å². The molecule has 0 radical (unpaired) electrons. The molecule has 0 aliphatic carbocycles. The fourth-order valence-electron chi connectivity index (χ4n) is 2.44. The minimum absolute atomic E-state index is 0.174. The van der Waals surface area contributed by atoms with Gasteiger partial charge in [-0.1, -0.05) is 19.1 Å². The molecule has 1 aromatic rings. The average molecular weight is 267 g/mol. The van der Waals surface area contributed by atoms with Crippen molar-refractivity contribution in [3.8, 4) is 12.1 Å². The number of hydrogen-bond acceptors (Lipinski definition) is 5. The molecule has 0 amide bonds. The zero-order chi connectivity index (χ0) is 14.4. The van der Waals surface area contributed by atoms with E-state index in [4.69, 9.17) is 10.5 Å². The summed E-state index contributed by atoms with van der Waals surface area (Å²) in [5.74, 6) is 0.675. The van der Waals surface area contributed by atoms with Crippen LogP contribution in [0.15, 0.2) is 29.4 Å². The highest BCUT2D eigenvalue weighted by Gasteiger charge is 2.18. The Labute approximate surface area is 119 Å². The van der Waals surface area contributed by atoms with Gasteiger partial charge in [0.25, 0.3) is 0 Å². The number of hydrogen-bond donors (Lipinski definition) is 1. The smallest absolute Gasteiger partial charge is 0.237 e. The highest BCUT2D eigenvalue weighted by Crippen LogP contribution is 2.29. The minimum atomic E-state index is -0.174. The van der Waals surface area contributed by atoms with E-state index in [0.29, 0.717) is 5.92 Å². The number of nitrogens with one attached hydrogen (secondary N) is 1. The lowest BCUT2D eigenvalue weighted by Crippen LogP contribution is -2.34. The van der Waals surface area contributed by atoms with E-state index in [9.17, 15) is 0 Å². The molecule has 1 aliphatic heterocycles. The number of nitriles is 2. The van der Waals surface area contributed by atoms with Crippen LogP contribution in [0.1, 0.15) is 19.8 Å². The van der Waals surface area contributed by atoms with Crippen molar-refractivity contribution in [2.45, 2.75) is 19.8 Å². The normalized spacial score (nSPS) is 17.8. The second-order valence-corrected chi connectivity index (χ2v) is 5.01. The van der Waals surface area contributed by atoms with Crippen LogP contribution < -0.4 is 10.3 Å². The molecule has 1 unspecified atom stereocenters. The molecule has 20 heavy (non-hydrogen) atoms. The minimum Gasteiger partial charge on any atom is -0.370 e. The van der Waals surface area contributed by atoms with E-state index in [1.54, 1.807) is 12.1 Å². The molecule has 2 rings (SSSR count).